The summed E-state index contributed by atoms with van der Waals surface area (Å²) in [6.07, 6.45) is 1.44. The molecule has 8 nitrogen and oxygen atoms in total. The second-order valence-corrected chi connectivity index (χ2v) is 8.19. The third-order valence-electron chi connectivity index (χ3n) is 3.84. The lowest BCUT2D eigenvalue weighted by Crippen LogP contribution is -2.35. The number of carbonyl (C=O) groups is 1. The molecule has 0 aromatic carbocycles. The summed E-state index contributed by atoms with van der Waals surface area (Å²) in [5, 5.41) is 7.30. The Labute approximate surface area is 152 Å². The van der Waals surface area contributed by atoms with Crippen LogP contribution in [0.2, 0.25) is 0 Å². The van der Waals surface area contributed by atoms with E-state index >= 15 is 0 Å². The number of rotatable bonds is 7. The summed E-state index contributed by atoms with van der Waals surface area (Å²) in [4.78, 5) is 25.7. The third-order valence-corrected chi connectivity index (χ3v) is 5.05. The molecule has 0 bridgehead atoms. The molecule has 1 amide bonds. The first-order valence-corrected chi connectivity index (χ1v) is 9.53. The van der Waals surface area contributed by atoms with E-state index in [-0.39, 0.29) is 11.8 Å². The number of H-pyrrole nitrogens is 1. The maximum Gasteiger partial charge on any atom is 0.410 e. The third kappa shape index (κ3) is 6.07. The molecule has 25 heavy (non-hydrogen) atoms. The van der Waals surface area contributed by atoms with Crippen LogP contribution in [0.4, 0.5) is 4.79 Å². The Morgan fingerprint density at radius 1 is 1.44 bits per heavy atom. The van der Waals surface area contributed by atoms with E-state index in [2.05, 4.69) is 10.2 Å². The molecule has 1 aromatic rings. The standard InChI is InChI=1S/C16H28N4O4S/c1-16(2,3)24-15(22)19-8-6-12(10-19)11-25-14-18-17-13(21)20(14)7-5-9-23-4/h12H,5-11H2,1-4H3,(H,17,21). The molecule has 1 fully saturated rings. The number of aromatic nitrogens is 3. The molecule has 1 saturated heterocycles. The molecule has 2 heterocycles. The van der Waals surface area contributed by atoms with E-state index in [0.717, 1.165) is 18.6 Å². The molecule has 1 aliphatic rings. The van der Waals surface area contributed by atoms with Gasteiger partial charge in [-0.3, -0.25) is 4.57 Å². The summed E-state index contributed by atoms with van der Waals surface area (Å²) >= 11 is 1.55. The second-order valence-electron chi connectivity index (χ2n) is 7.20. The van der Waals surface area contributed by atoms with Gasteiger partial charge in [-0.2, -0.15) is 0 Å². The molecule has 9 heteroatoms. The molecule has 0 radical (unpaired) electrons. The predicted molar refractivity (Wildman–Crippen MR) is 96.0 cm³/mol. The molecular formula is C16H28N4O4S. The number of hydrogen-bond acceptors (Lipinski definition) is 6. The van der Waals surface area contributed by atoms with Crippen molar-refractivity contribution in [1.29, 1.82) is 0 Å². The molecule has 1 aliphatic heterocycles. The largest absolute Gasteiger partial charge is 0.444 e. The van der Waals surface area contributed by atoms with Crippen LogP contribution in [0.5, 0.6) is 0 Å². The molecule has 0 spiro atoms. The van der Waals surface area contributed by atoms with Gasteiger partial charge in [0.05, 0.1) is 0 Å². The van der Waals surface area contributed by atoms with Crippen LogP contribution in [-0.2, 0) is 16.0 Å². The van der Waals surface area contributed by atoms with E-state index in [1.54, 1.807) is 28.3 Å². The van der Waals surface area contributed by atoms with Crippen LogP contribution in [0.25, 0.3) is 0 Å². The molecule has 1 N–H and O–H groups in total. The minimum absolute atomic E-state index is 0.194. The minimum Gasteiger partial charge on any atom is -0.444 e. The van der Waals surface area contributed by atoms with Gasteiger partial charge in [-0.15, -0.1) is 5.10 Å². The van der Waals surface area contributed by atoms with Crippen LogP contribution in [0.15, 0.2) is 9.95 Å². The van der Waals surface area contributed by atoms with Crippen molar-refractivity contribution in [1.82, 2.24) is 19.7 Å². The Balaban J connectivity index is 1.83. The number of thioether (sulfide) groups is 1. The maximum absolute atomic E-state index is 12.1. The van der Waals surface area contributed by atoms with Gasteiger partial charge in [-0.25, -0.2) is 14.7 Å². The first kappa shape index (κ1) is 19.8. The number of aromatic amines is 1. The van der Waals surface area contributed by atoms with Crippen LogP contribution < -0.4 is 5.69 Å². The number of amides is 1. The molecule has 142 valence electrons. The highest BCUT2D eigenvalue weighted by Crippen LogP contribution is 2.25. The van der Waals surface area contributed by atoms with E-state index in [1.165, 1.54) is 0 Å². The highest BCUT2D eigenvalue weighted by molar-refractivity contribution is 7.99. The second kappa shape index (κ2) is 8.75. The van der Waals surface area contributed by atoms with Crippen LogP contribution in [-0.4, -0.2) is 63.9 Å². The van der Waals surface area contributed by atoms with Crippen molar-refractivity contribution in [3.63, 3.8) is 0 Å². The first-order valence-electron chi connectivity index (χ1n) is 8.55. The monoisotopic (exact) mass is 372 g/mol. The van der Waals surface area contributed by atoms with E-state index in [9.17, 15) is 9.59 Å². The van der Waals surface area contributed by atoms with Crippen LogP contribution in [0, 0.1) is 5.92 Å². The van der Waals surface area contributed by atoms with Crippen molar-refractivity contribution in [2.75, 3.05) is 32.6 Å². The smallest absolute Gasteiger partial charge is 0.410 e. The maximum atomic E-state index is 12.1. The van der Waals surface area contributed by atoms with Gasteiger partial charge in [0.1, 0.15) is 5.60 Å². The molecule has 1 unspecified atom stereocenters. The van der Waals surface area contributed by atoms with Crippen molar-refractivity contribution in [2.45, 2.75) is 50.9 Å². The molecule has 1 atom stereocenters. The highest BCUT2D eigenvalue weighted by atomic mass is 32.2. The normalized spacial score (nSPS) is 17.9. The van der Waals surface area contributed by atoms with Gasteiger partial charge in [0.15, 0.2) is 5.16 Å². The van der Waals surface area contributed by atoms with Crippen LogP contribution >= 0.6 is 11.8 Å². The van der Waals surface area contributed by atoms with Gasteiger partial charge in [0.25, 0.3) is 0 Å². The van der Waals surface area contributed by atoms with Gasteiger partial charge in [-0.1, -0.05) is 11.8 Å². The van der Waals surface area contributed by atoms with E-state index < -0.39 is 5.60 Å². The summed E-state index contributed by atoms with van der Waals surface area (Å²) in [7, 11) is 1.64. The molecule has 0 saturated carbocycles. The fourth-order valence-electron chi connectivity index (χ4n) is 2.63. The Morgan fingerprint density at radius 3 is 2.88 bits per heavy atom. The van der Waals surface area contributed by atoms with Gasteiger partial charge < -0.3 is 14.4 Å². The zero-order chi connectivity index (χ0) is 18.4. The quantitative estimate of drug-likeness (QED) is 0.581. The van der Waals surface area contributed by atoms with Crippen molar-refractivity contribution < 1.29 is 14.3 Å². The number of nitrogens with one attached hydrogen (secondary N) is 1. The van der Waals surface area contributed by atoms with Crippen molar-refractivity contribution in [3.8, 4) is 0 Å². The summed E-state index contributed by atoms with van der Waals surface area (Å²) in [5.41, 5.74) is -0.669. The van der Waals surface area contributed by atoms with E-state index in [4.69, 9.17) is 9.47 Å². The minimum atomic E-state index is -0.475. The lowest BCUT2D eigenvalue weighted by Gasteiger charge is -2.24. The first-order chi connectivity index (χ1) is 11.8. The summed E-state index contributed by atoms with van der Waals surface area (Å²) in [5.74, 6) is 1.19. The number of ether oxygens (including phenoxy) is 2. The Kier molecular flexibility index (Phi) is 6.95. The topological polar surface area (TPSA) is 89.4 Å². The predicted octanol–water partition coefficient (Wildman–Crippen LogP) is 1.96. The number of methoxy groups -OCH3 is 1. The fourth-order valence-corrected chi connectivity index (χ4v) is 3.73. The van der Waals surface area contributed by atoms with Crippen LogP contribution in [0.1, 0.15) is 33.6 Å². The average molecular weight is 372 g/mol. The van der Waals surface area contributed by atoms with Gasteiger partial charge >= 0.3 is 11.8 Å². The molecule has 2 rings (SSSR count). The van der Waals surface area contributed by atoms with Gasteiger partial charge in [0, 0.05) is 39.1 Å². The highest BCUT2D eigenvalue weighted by Gasteiger charge is 2.30. The molecular weight excluding hydrogens is 344 g/mol. The Bertz CT molecular complexity index is 622. The van der Waals surface area contributed by atoms with E-state index in [1.807, 2.05) is 20.8 Å². The van der Waals surface area contributed by atoms with Crippen LogP contribution in [0.3, 0.4) is 0 Å². The Hall–Kier alpha value is -1.48. The number of carbonyl (C=O) groups excluding carboxylic acids is 1. The molecule has 0 aliphatic carbocycles. The Morgan fingerprint density at radius 2 is 2.20 bits per heavy atom. The average Bonchev–Trinajstić information content (AvgIpc) is 3.12. The van der Waals surface area contributed by atoms with Crippen molar-refractivity contribution in [2.24, 2.45) is 5.92 Å². The number of hydrogen-bond donors (Lipinski definition) is 1. The summed E-state index contributed by atoms with van der Waals surface area (Å²) in [6.45, 7) is 8.19. The summed E-state index contributed by atoms with van der Waals surface area (Å²) < 4.78 is 12.1. The zero-order valence-corrected chi connectivity index (χ0v) is 16.2. The van der Waals surface area contributed by atoms with Crippen molar-refractivity contribution in [3.05, 3.63) is 10.5 Å². The summed E-state index contributed by atoms with van der Waals surface area (Å²) in [6, 6.07) is 0. The van der Waals surface area contributed by atoms with Gasteiger partial charge in [0.2, 0.25) is 0 Å². The zero-order valence-electron chi connectivity index (χ0n) is 15.4. The lowest BCUT2D eigenvalue weighted by atomic mass is 10.2. The SMILES string of the molecule is COCCCn1c(SCC2CCN(C(=O)OC(C)(C)C)C2)n[nH]c1=O. The van der Waals surface area contributed by atoms with Gasteiger partial charge in [-0.05, 0) is 39.5 Å². The lowest BCUT2D eigenvalue weighted by molar-refractivity contribution is 0.0289. The number of nitrogens with zero attached hydrogens (tertiary/aromatic N) is 3. The number of likely N-dealkylation sites (tertiary alicyclic amines) is 1. The fraction of sp³-hybridized carbons (Fsp3) is 0.812. The van der Waals surface area contributed by atoms with E-state index in [0.29, 0.717) is 37.3 Å². The molecule has 1 aromatic heterocycles. The van der Waals surface area contributed by atoms with Crippen molar-refractivity contribution >= 4 is 17.9 Å².